The van der Waals surface area contributed by atoms with Crippen molar-refractivity contribution in [1.82, 2.24) is 5.32 Å². The van der Waals surface area contributed by atoms with Crippen molar-refractivity contribution >= 4 is 11.9 Å². The average molecular weight is 321 g/mol. The lowest BCUT2D eigenvalue weighted by molar-refractivity contribution is -0.143. The molecule has 0 radical (unpaired) electrons. The van der Waals surface area contributed by atoms with Crippen molar-refractivity contribution < 1.29 is 19.4 Å². The third-order valence-electron chi connectivity index (χ3n) is 3.81. The van der Waals surface area contributed by atoms with Crippen LogP contribution < -0.4 is 10.1 Å². The first-order valence-corrected chi connectivity index (χ1v) is 8.06. The maximum Gasteiger partial charge on any atom is 0.326 e. The molecule has 0 saturated heterocycles. The van der Waals surface area contributed by atoms with Gasteiger partial charge >= 0.3 is 5.97 Å². The Kier molecular flexibility index (Phi) is 7.59. The van der Waals surface area contributed by atoms with Gasteiger partial charge in [-0.05, 0) is 49.4 Å². The van der Waals surface area contributed by atoms with Crippen molar-refractivity contribution in [2.24, 2.45) is 5.92 Å². The standard InChI is InChI=1S/C18H27NO4/c1-5-14(4)17(18(21)22)19-16(20)7-6-8-23-15-10-12(2)9-13(3)11-15/h9-11,14,17H,5-8H2,1-4H3,(H,19,20)(H,21,22). The highest BCUT2D eigenvalue weighted by atomic mass is 16.5. The molecule has 2 atom stereocenters. The van der Waals surface area contributed by atoms with Gasteiger partial charge in [0.2, 0.25) is 5.91 Å². The molecule has 2 unspecified atom stereocenters. The summed E-state index contributed by atoms with van der Waals surface area (Å²) >= 11 is 0. The van der Waals surface area contributed by atoms with E-state index in [-0.39, 0.29) is 18.2 Å². The number of ether oxygens (including phenoxy) is 1. The highest BCUT2D eigenvalue weighted by molar-refractivity contribution is 5.83. The summed E-state index contributed by atoms with van der Waals surface area (Å²) in [4.78, 5) is 23.0. The number of carboxylic acids is 1. The van der Waals surface area contributed by atoms with Crippen molar-refractivity contribution in [3.8, 4) is 5.75 Å². The van der Waals surface area contributed by atoms with Crippen LogP contribution in [0.1, 0.15) is 44.2 Å². The lowest BCUT2D eigenvalue weighted by Gasteiger charge is -2.20. The van der Waals surface area contributed by atoms with Crippen molar-refractivity contribution in [2.75, 3.05) is 6.61 Å². The summed E-state index contributed by atoms with van der Waals surface area (Å²) in [7, 11) is 0. The third kappa shape index (κ3) is 6.72. The van der Waals surface area contributed by atoms with Crippen LogP contribution in [0.25, 0.3) is 0 Å². The van der Waals surface area contributed by atoms with Crippen LogP contribution in [0.3, 0.4) is 0 Å². The molecule has 128 valence electrons. The van der Waals surface area contributed by atoms with Crippen molar-refractivity contribution in [2.45, 2.75) is 53.0 Å². The highest BCUT2D eigenvalue weighted by Gasteiger charge is 2.24. The van der Waals surface area contributed by atoms with Gasteiger partial charge in [0.15, 0.2) is 0 Å². The van der Waals surface area contributed by atoms with Gasteiger partial charge in [-0.1, -0.05) is 26.3 Å². The normalized spacial score (nSPS) is 13.2. The fourth-order valence-corrected chi connectivity index (χ4v) is 2.37. The number of benzene rings is 1. The molecule has 2 N–H and O–H groups in total. The Morgan fingerprint density at radius 3 is 2.35 bits per heavy atom. The number of amides is 1. The summed E-state index contributed by atoms with van der Waals surface area (Å²) in [5, 5.41) is 11.7. The summed E-state index contributed by atoms with van der Waals surface area (Å²) in [5.41, 5.74) is 2.27. The van der Waals surface area contributed by atoms with E-state index in [0.717, 1.165) is 16.9 Å². The fraction of sp³-hybridized carbons (Fsp3) is 0.556. The topological polar surface area (TPSA) is 75.6 Å². The van der Waals surface area contributed by atoms with Gasteiger partial charge in [0.05, 0.1) is 6.61 Å². The van der Waals surface area contributed by atoms with Gasteiger partial charge in [0.25, 0.3) is 0 Å². The van der Waals surface area contributed by atoms with Gasteiger partial charge in [-0.2, -0.15) is 0 Å². The molecule has 5 heteroatoms. The lowest BCUT2D eigenvalue weighted by Crippen LogP contribution is -2.45. The van der Waals surface area contributed by atoms with E-state index in [2.05, 4.69) is 11.4 Å². The minimum absolute atomic E-state index is 0.0945. The lowest BCUT2D eigenvalue weighted by atomic mass is 9.99. The zero-order valence-electron chi connectivity index (χ0n) is 14.4. The Labute approximate surface area is 138 Å². The van der Waals surface area contributed by atoms with Crippen LogP contribution >= 0.6 is 0 Å². The minimum Gasteiger partial charge on any atom is -0.494 e. The minimum atomic E-state index is -0.987. The second-order valence-corrected chi connectivity index (χ2v) is 6.04. The first-order valence-electron chi connectivity index (χ1n) is 8.06. The number of aryl methyl sites for hydroxylation is 2. The predicted octanol–water partition coefficient (Wildman–Crippen LogP) is 3.08. The molecule has 0 fully saturated rings. The number of aliphatic carboxylic acids is 1. The Balaban J connectivity index is 2.37. The van der Waals surface area contributed by atoms with E-state index in [1.807, 2.05) is 39.8 Å². The van der Waals surface area contributed by atoms with Crippen LogP contribution in [-0.4, -0.2) is 29.6 Å². The number of nitrogens with one attached hydrogen (secondary N) is 1. The number of carboxylic acid groups (broad SMARTS) is 1. The molecule has 0 heterocycles. The van der Waals surface area contributed by atoms with Gasteiger partial charge in [0, 0.05) is 6.42 Å². The van der Waals surface area contributed by atoms with Gasteiger partial charge < -0.3 is 15.2 Å². The van der Waals surface area contributed by atoms with E-state index < -0.39 is 12.0 Å². The molecule has 0 aromatic heterocycles. The van der Waals surface area contributed by atoms with E-state index in [9.17, 15) is 9.59 Å². The summed E-state index contributed by atoms with van der Waals surface area (Å²) in [6, 6.07) is 5.15. The molecule has 0 aliphatic heterocycles. The first kappa shape index (κ1) is 19.0. The summed E-state index contributed by atoms with van der Waals surface area (Å²) in [6.45, 7) is 8.17. The van der Waals surface area contributed by atoms with Crippen molar-refractivity contribution in [1.29, 1.82) is 0 Å². The maximum absolute atomic E-state index is 11.9. The SMILES string of the molecule is CCC(C)C(NC(=O)CCCOc1cc(C)cc(C)c1)C(=O)O. The summed E-state index contributed by atoms with van der Waals surface area (Å²) < 4.78 is 5.64. The van der Waals surface area contributed by atoms with Crippen molar-refractivity contribution in [3.05, 3.63) is 29.3 Å². The molecule has 0 aliphatic carbocycles. The Morgan fingerprint density at radius 2 is 1.83 bits per heavy atom. The molecule has 1 aromatic rings. The third-order valence-corrected chi connectivity index (χ3v) is 3.81. The molecule has 5 nitrogen and oxygen atoms in total. The molecule has 1 aromatic carbocycles. The number of carbonyl (C=O) groups is 2. The zero-order valence-corrected chi connectivity index (χ0v) is 14.4. The molecule has 23 heavy (non-hydrogen) atoms. The monoisotopic (exact) mass is 321 g/mol. The van der Waals surface area contributed by atoms with Gasteiger partial charge in [-0.25, -0.2) is 4.79 Å². The number of carbonyl (C=O) groups excluding carboxylic acids is 1. The molecule has 0 aliphatic rings. The molecular weight excluding hydrogens is 294 g/mol. The highest BCUT2D eigenvalue weighted by Crippen LogP contribution is 2.16. The van der Waals surface area contributed by atoms with Gasteiger partial charge in [-0.3, -0.25) is 4.79 Å². The summed E-state index contributed by atoms with van der Waals surface area (Å²) in [5.74, 6) is -0.533. The average Bonchev–Trinajstić information content (AvgIpc) is 2.47. The van der Waals surface area contributed by atoms with Crippen LogP contribution in [-0.2, 0) is 9.59 Å². The fourth-order valence-electron chi connectivity index (χ4n) is 2.37. The van der Waals surface area contributed by atoms with Gasteiger partial charge in [-0.15, -0.1) is 0 Å². The van der Waals surface area contributed by atoms with Crippen molar-refractivity contribution in [3.63, 3.8) is 0 Å². The molecule has 0 saturated carbocycles. The summed E-state index contributed by atoms with van der Waals surface area (Å²) in [6.07, 6.45) is 1.50. The van der Waals surface area contributed by atoms with Crippen LogP contribution in [0, 0.1) is 19.8 Å². The molecule has 1 rings (SSSR count). The second kappa shape index (κ2) is 9.18. The predicted molar refractivity (Wildman–Crippen MR) is 89.7 cm³/mol. The quantitative estimate of drug-likeness (QED) is 0.685. The van der Waals surface area contributed by atoms with E-state index in [0.29, 0.717) is 19.4 Å². The Morgan fingerprint density at radius 1 is 1.22 bits per heavy atom. The largest absolute Gasteiger partial charge is 0.494 e. The van der Waals surface area contributed by atoms with Crippen LogP contribution in [0.2, 0.25) is 0 Å². The van der Waals surface area contributed by atoms with Crippen LogP contribution in [0.4, 0.5) is 0 Å². The Bertz CT molecular complexity index is 522. The zero-order chi connectivity index (χ0) is 17.4. The van der Waals surface area contributed by atoms with E-state index >= 15 is 0 Å². The first-order chi connectivity index (χ1) is 10.8. The molecule has 0 spiro atoms. The second-order valence-electron chi connectivity index (χ2n) is 6.04. The smallest absolute Gasteiger partial charge is 0.326 e. The Hall–Kier alpha value is -2.04. The number of rotatable bonds is 9. The van der Waals surface area contributed by atoms with E-state index in [1.165, 1.54) is 0 Å². The maximum atomic E-state index is 11.9. The molecule has 0 bridgehead atoms. The van der Waals surface area contributed by atoms with Gasteiger partial charge in [0.1, 0.15) is 11.8 Å². The molecular formula is C18H27NO4. The van der Waals surface area contributed by atoms with E-state index in [4.69, 9.17) is 9.84 Å². The van der Waals surface area contributed by atoms with E-state index in [1.54, 1.807) is 0 Å². The number of hydrogen-bond donors (Lipinski definition) is 2. The van der Waals surface area contributed by atoms with Crippen LogP contribution in [0.15, 0.2) is 18.2 Å². The molecule has 1 amide bonds. The number of hydrogen-bond acceptors (Lipinski definition) is 3. The van der Waals surface area contributed by atoms with Crippen LogP contribution in [0.5, 0.6) is 5.75 Å².